The molecule has 110 valence electrons. The van der Waals surface area contributed by atoms with Crippen molar-refractivity contribution in [2.45, 2.75) is 45.6 Å². The first-order valence-corrected chi connectivity index (χ1v) is 7.28. The highest BCUT2D eigenvalue weighted by atomic mass is 19.1. The third-order valence-electron chi connectivity index (χ3n) is 4.78. The van der Waals surface area contributed by atoms with Gasteiger partial charge in [0, 0.05) is 23.8 Å². The van der Waals surface area contributed by atoms with E-state index in [0.29, 0.717) is 25.0 Å². The summed E-state index contributed by atoms with van der Waals surface area (Å²) in [5, 5.41) is 9.55. The Morgan fingerprint density at radius 1 is 1.43 bits per heavy atom. The van der Waals surface area contributed by atoms with Crippen molar-refractivity contribution in [2.75, 3.05) is 0 Å². The van der Waals surface area contributed by atoms with Crippen molar-refractivity contribution in [3.63, 3.8) is 0 Å². The summed E-state index contributed by atoms with van der Waals surface area (Å²) in [6, 6.07) is 6.69. The molecular weight excluding hydrogens is 269 g/mol. The van der Waals surface area contributed by atoms with Crippen LogP contribution < -0.4 is 4.74 Å². The highest BCUT2D eigenvalue weighted by Crippen LogP contribution is 2.49. The monoisotopic (exact) mass is 287 g/mol. The maximum absolute atomic E-state index is 13.2. The minimum absolute atomic E-state index is 0.0169. The van der Waals surface area contributed by atoms with Crippen LogP contribution in [0.5, 0.6) is 5.75 Å². The molecule has 3 nitrogen and oxygen atoms in total. The number of halogens is 1. The Morgan fingerprint density at radius 3 is 2.81 bits per heavy atom. The fourth-order valence-corrected chi connectivity index (χ4v) is 3.54. The second-order valence-corrected chi connectivity index (χ2v) is 6.81. The van der Waals surface area contributed by atoms with Crippen LogP contribution in [0.15, 0.2) is 18.2 Å². The summed E-state index contributed by atoms with van der Waals surface area (Å²) in [4.78, 5) is 12.6. The molecule has 2 aliphatic rings. The Labute approximate surface area is 123 Å². The zero-order valence-electron chi connectivity index (χ0n) is 12.3. The summed E-state index contributed by atoms with van der Waals surface area (Å²) in [7, 11) is 0. The number of fused-ring (bicyclic) bond motifs is 1. The van der Waals surface area contributed by atoms with Crippen molar-refractivity contribution in [1.82, 2.24) is 0 Å². The molecule has 0 amide bonds. The van der Waals surface area contributed by atoms with Crippen LogP contribution in [0.1, 0.15) is 38.7 Å². The summed E-state index contributed by atoms with van der Waals surface area (Å²) in [5.41, 5.74) is -0.569. The Bertz CT molecular complexity index is 647. The number of carbonyl (C=O) groups is 1. The smallest absolute Gasteiger partial charge is 0.158 e. The van der Waals surface area contributed by atoms with Crippen LogP contribution in [0, 0.1) is 28.0 Å². The van der Waals surface area contributed by atoms with E-state index in [1.54, 1.807) is 6.07 Å². The highest BCUT2D eigenvalue weighted by Gasteiger charge is 2.53. The van der Waals surface area contributed by atoms with Gasteiger partial charge in [-0.05, 0) is 31.0 Å². The molecule has 1 saturated carbocycles. The third kappa shape index (κ3) is 2.21. The normalized spacial score (nSPS) is 29.8. The molecule has 0 saturated heterocycles. The van der Waals surface area contributed by atoms with Gasteiger partial charge in [0.05, 0.1) is 6.07 Å². The van der Waals surface area contributed by atoms with Gasteiger partial charge < -0.3 is 4.74 Å². The van der Waals surface area contributed by atoms with Gasteiger partial charge in [-0.25, -0.2) is 4.39 Å². The number of nitrogens with zero attached hydrogens (tertiary/aromatic N) is 1. The third-order valence-corrected chi connectivity index (χ3v) is 4.78. The molecule has 2 unspecified atom stereocenters. The van der Waals surface area contributed by atoms with E-state index in [0.717, 1.165) is 12.0 Å². The lowest BCUT2D eigenvalue weighted by atomic mass is 9.77. The molecule has 1 aromatic carbocycles. The number of ketones is 1. The number of hydrogen-bond acceptors (Lipinski definition) is 3. The molecule has 0 spiro atoms. The molecule has 1 aliphatic carbocycles. The number of nitriles is 1. The summed E-state index contributed by atoms with van der Waals surface area (Å²) < 4.78 is 19.0. The van der Waals surface area contributed by atoms with Crippen LogP contribution >= 0.6 is 0 Å². The van der Waals surface area contributed by atoms with Gasteiger partial charge in [0.2, 0.25) is 0 Å². The number of hydrogen-bond donors (Lipinski definition) is 0. The topological polar surface area (TPSA) is 50.1 Å². The number of ether oxygens (including phenoxy) is 1. The maximum Gasteiger partial charge on any atom is 0.158 e. The summed E-state index contributed by atoms with van der Waals surface area (Å²) in [5.74, 6) is 0.397. The number of carbonyl (C=O) groups excluding carboxylic acids is 1. The lowest BCUT2D eigenvalue weighted by Crippen LogP contribution is -2.35. The second-order valence-electron chi connectivity index (χ2n) is 6.81. The fraction of sp³-hybridized carbons (Fsp3) is 0.529. The molecular formula is C17H18FNO2. The first-order chi connectivity index (χ1) is 9.86. The lowest BCUT2D eigenvalue weighted by Gasteiger charge is -2.25. The van der Waals surface area contributed by atoms with Crippen LogP contribution in [0.2, 0.25) is 0 Å². The lowest BCUT2D eigenvalue weighted by molar-refractivity contribution is -0.131. The van der Waals surface area contributed by atoms with Gasteiger partial charge >= 0.3 is 0 Å². The summed E-state index contributed by atoms with van der Waals surface area (Å²) in [6.45, 7) is 3.79. The van der Waals surface area contributed by atoms with Gasteiger partial charge in [-0.3, -0.25) is 4.79 Å². The average Bonchev–Trinajstić information content (AvgIpc) is 2.92. The summed E-state index contributed by atoms with van der Waals surface area (Å²) >= 11 is 0. The first kappa shape index (κ1) is 14.1. The fourth-order valence-electron chi connectivity index (χ4n) is 3.54. The maximum atomic E-state index is 13.2. The molecule has 2 atom stereocenters. The Morgan fingerprint density at radius 2 is 2.19 bits per heavy atom. The van der Waals surface area contributed by atoms with Gasteiger partial charge in [0.25, 0.3) is 0 Å². The number of Topliss-reactive ketones (excluding diaryl/α,β-unsaturated/α-hetero) is 1. The second kappa shape index (κ2) is 4.56. The average molecular weight is 287 g/mol. The van der Waals surface area contributed by atoms with Crippen LogP contribution in [0.4, 0.5) is 4.39 Å². The van der Waals surface area contributed by atoms with E-state index in [1.165, 1.54) is 12.1 Å². The summed E-state index contributed by atoms with van der Waals surface area (Å²) in [6.07, 6.45) is 2.04. The number of rotatable bonds is 2. The van der Waals surface area contributed by atoms with Crippen LogP contribution in [0.25, 0.3) is 0 Å². The van der Waals surface area contributed by atoms with E-state index in [2.05, 4.69) is 6.07 Å². The Kier molecular flexibility index (Phi) is 3.05. The SMILES string of the molecule is CC1(C)CCC(C#N)(CC2Cc3cc(F)ccc3O2)C1=O. The van der Waals surface area contributed by atoms with Crippen molar-refractivity contribution in [3.8, 4) is 11.8 Å². The molecule has 0 aromatic heterocycles. The Balaban J connectivity index is 1.79. The van der Waals surface area contributed by atoms with E-state index in [1.807, 2.05) is 13.8 Å². The molecule has 21 heavy (non-hydrogen) atoms. The van der Waals surface area contributed by atoms with E-state index in [4.69, 9.17) is 4.74 Å². The predicted octanol–water partition coefficient (Wildman–Crippen LogP) is 3.42. The molecule has 0 bridgehead atoms. The molecule has 0 radical (unpaired) electrons. The zero-order valence-corrected chi connectivity index (χ0v) is 12.3. The van der Waals surface area contributed by atoms with Crippen LogP contribution in [-0.2, 0) is 11.2 Å². The molecule has 1 aromatic rings. The first-order valence-electron chi connectivity index (χ1n) is 7.28. The van der Waals surface area contributed by atoms with E-state index in [9.17, 15) is 14.4 Å². The van der Waals surface area contributed by atoms with Crippen LogP contribution in [0.3, 0.4) is 0 Å². The van der Waals surface area contributed by atoms with E-state index >= 15 is 0 Å². The van der Waals surface area contributed by atoms with Gasteiger partial charge in [-0.15, -0.1) is 0 Å². The highest BCUT2D eigenvalue weighted by molar-refractivity contribution is 5.94. The Hall–Kier alpha value is -1.89. The standard InChI is InChI=1S/C17H18FNO2/c1-16(2)5-6-17(10-19,15(16)20)9-13-8-11-7-12(18)3-4-14(11)21-13/h3-4,7,13H,5-6,8-9H2,1-2H3. The van der Waals surface area contributed by atoms with Crippen molar-refractivity contribution >= 4 is 5.78 Å². The van der Waals surface area contributed by atoms with Crippen molar-refractivity contribution in [3.05, 3.63) is 29.6 Å². The predicted molar refractivity (Wildman–Crippen MR) is 75.2 cm³/mol. The zero-order chi connectivity index (χ0) is 15.3. The molecule has 4 heteroatoms. The molecule has 1 fully saturated rings. The van der Waals surface area contributed by atoms with Crippen molar-refractivity contribution in [2.24, 2.45) is 10.8 Å². The van der Waals surface area contributed by atoms with E-state index in [-0.39, 0.29) is 17.7 Å². The van der Waals surface area contributed by atoms with Gasteiger partial charge in [0.15, 0.2) is 5.78 Å². The number of benzene rings is 1. The van der Waals surface area contributed by atoms with Crippen LogP contribution in [-0.4, -0.2) is 11.9 Å². The molecule has 3 rings (SSSR count). The minimum Gasteiger partial charge on any atom is -0.490 e. The van der Waals surface area contributed by atoms with Crippen molar-refractivity contribution < 1.29 is 13.9 Å². The molecule has 1 heterocycles. The van der Waals surface area contributed by atoms with E-state index < -0.39 is 10.8 Å². The van der Waals surface area contributed by atoms with Crippen molar-refractivity contribution in [1.29, 1.82) is 5.26 Å². The van der Waals surface area contributed by atoms with Gasteiger partial charge in [0.1, 0.15) is 23.1 Å². The molecule has 1 aliphatic heterocycles. The quantitative estimate of drug-likeness (QED) is 0.837. The molecule has 0 N–H and O–H groups in total. The minimum atomic E-state index is -0.950. The van der Waals surface area contributed by atoms with Gasteiger partial charge in [-0.1, -0.05) is 13.8 Å². The largest absolute Gasteiger partial charge is 0.490 e. The van der Waals surface area contributed by atoms with Gasteiger partial charge in [-0.2, -0.15) is 5.26 Å².